The van der Waals surface area contributed by atoms with Gasteiger partial charge in [-0.25, -0.2) is 4.98 Å². The van der Waals surface area contributed by atoms with Crippen LogP contribution in [0.4, 0.5) is 13.2 Å². The van der Waals surface area contributed by atoms with E-state index in [1.54, 1.807) is 18.5 Å². The number of alkyl halides is 3. The van der Waals surface area contributed by atoms with Gasteiger partial charge in [0, 0.05) is 17.8 Å². The van der Waals surface area contributed by atoms with Crippen molar-refractivity contribution in [2.75, 3.05) is 0 Å². The summed E-state index contributed by atoms with van der Waals surface area (Å²) in [5.41, 5.74) is 1.76. The third-order valence-corrected chi connectivity index (χ3v) is 3.13. The first-order valence-corrected chi connectivity index (χ1v) is 6.31. The van der Waals surface area contributed by atoms with Crippen molar-refractivity contribution in [1.82, 2.24) is 9.97 Å². The maximum atomic E-state index is 12.5. The van der Waals surface area contributed by atoms with E-state index in [1.165, 1.54) is 12.1 Å². The van der Waals surface area contributed by atoms with Crippen molar-refractivity contribution in [1.29, 1.82) is 0 Å². The number of halogens is 3. The van der Waals surface area contributed by atoms with Gasteiger partial charge in [0.1, 0.15) is 5.65 Å². The van der Waals surface area contributed by atoms with Crippen molar-refractivity contribution in [3.8, 4) is 0 Å². The van der Waals surface area contributed by atoms with Crippen LogP contribution in [0.1, 0.15) is 16.7 Å². The summed E-state index contributed by atoms with van der Waals surface area (Å²) in [4.78, 5) is 7.24. The average Bonchev–Trinajstić information content (AvgIpc) is 2.92. The molecule has 0 amide bonds. The van der Waals surface area contributed by atoms with E-state index in [4.69, 9.17) is 0 Å². The number of hydrogen-bond donors (Lipinski definition) is 1. The molecule has 0 radical (unpaired) electrons. The Morgan fingerprint density at radius 2 is 1.67 bits per heavy atom. The summed E-state index contributed by atoms with van der Waals surface area (Å²) in [6.45, 7) is 0. The van der Waals surface area contributed by atoms with Crippen LogP contribution in [0.2, 0.25) is 0 Å². The zero-order valence-corrected chi connectivity index (χ0v) is 10.9. The van der Waals surface area contributed by atoms with Gasteiger partial charge in [0.15, 0.2) is 0 Å². The zero-order valence-electron chi connectivity index (χ0n) is 10.9. The Hall–Kier alpha value is -2.56. The van der Waals surface area contributed by atoms with Crippen molar-refractivity contribution in [3.05, 3.63) is 65.5 Å². The topological polar surface area (TPSA) is 28.7 Å². The van der Waals surface area contributed by atoms with Gasteiger partial charge in [-0.1, -0.05) is 24.3 Å². The maximum Gasteiger partial charge on any atom is 0.416 e. The second-order valence-corrected chi connectivity index (χ2v) is 4.64. The molecular formula is C16H11F3N2. The minimum absolute atomic E-state index is 0.643. The molecule has 1 N–H and O–H groups in total. The number of nitrogens with one attached hydrogen (secondary N) is 1. The molecule has 1 aromatic carbocycles. The lowest BCUT2D eigenvalue weighted by molar-refractivity contribution is -0.137. The molecule has 3 rings (SSSR count). The molecule has 0 aliphatic heterocycles. The predicted octanol–water partition coefficient (Wildman–Crippen LogP) is 4.75. The molecule has 0 bridgehead atoms. The minimum Gasteiger partial charge on any atom is -0.346 e. The SMILES string of the molecule is FC(F)(F)c1ccc(C=Cc2cnc3[nH]ccc3c2)cc1. The summed E-state index contributed by atoms with van der Waals surface area (Å²) >= 11 is 0. The van der Waals surface area contributed by atoms with E-state index >= 15 is 0 Å². The standard InChI is InChI=1S/C16H11F3N2/c17-16(18,19)14-5-3-11(4-6-14)1-2-12-9-13-7-8-20-15(13)21-10-12/h1-10H,(H,20,21). The van der Waals surface area contributed by atoms with E-state index in [1.807, 2.05) is 18.2 Å². The molecule has 0 aliphatic rings. The van der Waals surface area contributed by atoms with E-state index in [2.05, 4.69) is 9.97 Å². The van der Waals surface area contributed by atoms with Gasteiger partial charge in [-0.15, -0.1) is 0 Å². The van der Waals surface area contributed by atoms with Crippen LogP contribution in [0, 0.1) is 0 Å². The number of aromatic nitrogens is 2. The number of pyridine rings is 1. The fraction of sp³-hybridized carbons (Fsp3) is 0.0625. The highest BCUT2D eigenvalue weighted by atomic mass is 19.4. The van der Waals surface area contributed by atoms with Crippen LogP contribution >= 0.6 is 0 Å². The molecule has 0 fully saturated rings. The van der Waals surface area contributed by atoms with Crippen LogP contribution in [-0.2, 0) is 6.18 Å². The van der Waals surface area contributed by atoms with Crippen LogP contribution in [0.3, 0.4) is 0 Å². The van der Waals surface area contributed by atoms with Crippen molar-refractivity contribution >= 4 is 23.2 Å². The lowest BCUT2D eigenvalue weighted by atomic mass is 10.1. The molecule has 2 aromatic heterocycles. The highest BCUT2D eigenvalue weighted by Crippen LogP contribution is 2.29. The van der Waals surface area contributed by atoms with Gasteiger partial charge < -0.3 is 4.98 Å². The van der Waals surface area contributed by atoms with Gasteiger partial charge in [-0.05, 0) is 35.4 Å². The zero-order chi connectivity index (χ0) is 14.9. The third kappa shape index (κ3) is 2.97. The monoisotopic (exact) mass is 288 g/mol. The number of hydrogen-bond acceptors (Lipinski definition) is 1. The molecule has 3 aromatic rings. The lowest BCUT2D eigenvalue weighted by Gasteiger charge is -2.05. The Morgan fingerprint density at radius 3 is 2.38 bits per heavy atom. The van der Waals surface area contributed by atoms with E-state index < -0.39 is 11.7 Å². The van der Waals surface area contributed by atoms with E-state index in [-0.39, 0.29) is 0 Å². The second-order valence-electron chi connectivity index (χ2n) is 4.64. The molecule has 0 saturated heterocycles. The molecule has 106 valence electrons. The van der Waals surface area contributed by atoms with Gasteiger partial charge in [-0.3, -0.25) is 0 Å². The third-order valence-electron chi connectivity index (χ3n) is 3.13. The van der Waals surface area contributed by atoms with Crippen molar-refractivity contribution in [2.45, 2.75) is 6.18 Å². The van der Waals surface area contributed by atoms with Gasteiger partial charge >= 0.3 is 6.18 Å². The van der Waals surface area contributed by atoms with Gasteiger partial charge in [-0.2, -0.15) is 13.2 Å². The Balaban J connectivity index is 1.82. The Morgan fingerprint density at radius 1 is 0.952 bits per heavy atom. The fourth-order valence-corrected chi connectivity index (χ4v) is 2.02. The quantitative estimate of drug-likeness (QED) is 0.724. The summed E-state index contributed by atoms with van der Waals surface area (Å²) in [5, 5.41) is 0.990. The van der Waals surface area contributed by atoms with Gasteiger partial charge in [0.05, 0.1) is 5.56 Å². The molecule has 2 nitrogen and oxygen atoms in total. The molecular weight excluding hydrogens is 277 g/mol. The number of benzene rings is 1. The van der Waals surface area contributed by atoms with E-state index in [9.17, 15) is 13.2 Å². The van der Waals surface area contributed by atoms with Crippen LogP contribution < -0.4 is 0 Å². The largest absolute Gasteiger partial charge is 0.416 e. The summed E-state index contributed by atoms with van der Waals surface area (Å²) in [6.07, 6.45) is 2.80. The van der Waals surface area contributed by atoms with Crippen LogP contribution in [0.25, 0.3) is 23.2 Å². The first-order valence-electron chi connectivity index (χ1n) is 6.31. The summed E-state index contributed by atoms with van der Waals surface area (Å²) in [5.74, 6) is 0. The fourth-order valence-electron chi connectivity index (χ4n) is 2.02. The van der Waals surface area contributed by atoms with Crippen molar-refractivity contribution < 1.29 is 13.2 Å². The highest BCUT2D eigenvalue weighted by molar-refractivity contribution is 5.80. The molecule has 21 heavy (non-hydrogen) atoms. The Labute approximate surface area is 119 Å². The Kier molecular flexibility index (Phi) is 3.25. The molecule has 0 spiro atoms. The average molecular weight is 288 g/mol. The first-order chi connectivity index (χ1) is 10.0. The first kappa shape index (κ1) is 13.4. The van der Waals surface area contributed by atoms with Gasteiger partial charge in [0.2, 0.25) is 0 Å². The number of fused-ring (bicyclic) bond motifs is 1. The smallest absolute Gasteiger partial charge is 0.346 e. The normalized spacial score (nSPS) is 12.3. The highest BCUT2D eigenvalue weighted by Gasteiger charge is 2.29. The molecule has 2 heterocycles. The molecule has 5 heteroatoms. The number of rotatable bonds is 2. The maximum absolute atomic E-state index is 12.5. The van der Waals surface area contributed by atoms with Crippen molar-refractivity contribution in [2.24, 2.45) is 0 Å². The molecule has 0 saturated carbocycles. The van der Waals surface area contributed by atoms with E-state index in [0.29, 0.717) is 5.56 Å². The molecule has 0 aliphatic carbocycles. The van der Waals surface area contributed by atoms with Gasteiger partial charge in [0.25, 0.3) is 0 Å². The molecule has 0 unspecified atom stereocenters. The number of H-pyrrole nitrogens is 1. The lowest BCUT2D eigenvalue weighted by Crippen LogP contribution is -2.03. The summed E-state index contributed by atoms with van der Waals surface area (Å²) < 4.78 is 37.4. The van der Waals surface area contributed by atoms with Crippen LogP contribution in [0.5, 0.6) is 0 Å². The number of nitrogens with zero attached hydrogens (tertiary/aromatic N) is 1. The van der Waals surface area contributed by atoms with E-state index in [0.717, 1.165) is 28.7 Å². The summed E-state index contributed by atoms with van der Waals surface area (Å²) in [6, 6.07) is 8.92. The van der Waals surface area contributed by atoms with Crippen LogP contribution in [-0.4, -0.2) is 9.97 Å². The molecule has 0 atom stereocenters. The minimum atomic E-state index is -4.30. The van der Waals surface area contributed by atoms with Crippen molar-refractivity contribution in [3.63, 3.8) is 0 Å². The predicted molar refractivity (Wildman–Crippen MR) is 76.5 cm³/mol. The Bertz CT molecular complexity index is 783. The second kappa shape index (κ2) is 5.09. The number of aromatic amines is 1. The summed E-state index contributed by atoms with van der Waals surface area (Å²) in [7, 11) is 0. The van der Waals surface area contributed by atoms with Crippen LogP contribution in [0.15, 0.2) is 48.8 Å².